The van der Waals surface area contributed by atoms with Gasteiger partial charge in [-0.1, -0.05) is 139 Å². The molecule has 2 aromatic heterocycles. The zero-order valence-electron chi connectivity index (χ0n) is 25.2. The first-order valence-corrected chi connectivity index (χ1v) is 16.6. The van der Waals surface area contributed by atoms with Crippen LogP contribution in [0.25, 0.3) is 20.9 Å². The number of benzene rings is 4. The second-order valence-corrected chi connectivity index (χ2v) is 14.0. The highest BCUT2D eigenvalue weighted by molar-refractivity contribution is 7.14. The molecule has 0 N–H and O–H groups in total. The van der Waals surface area contributed by atoms with Crippen LogP contribution in [0.4, 0.5) is 0 Å². The molecule has 1 aliphatic heterocycles. The minimum atomic E-state index is 0.176. The Bertz CT molecular complexity index is 1760. The number of rotatable bonds is 4. The van der Waals surface area contributed by atoms with Gasteiger partial charge in [0.15, 0.2) is 0 Å². The van der Waals surface area contributed by atoms with E-state index in [0.29, 0.717) is 0 Å². The molecular formula is C38H34B2S2. The van der Waals surface area contributed by atoms with Gasteiger partial charge in [-0.3, -0.25) is 0 Å². The highest BCUT2D eigenvalue weighted by Gasteiger charge is 2.41. The fraction of sp³-hybridized carbons (Fsp3) is 0.158. The normalized spacial score (nSPS) is 12.4. The lowest BCUT2D eigenvalue weighted by molar-refractivity contribution is 1.35. The number of aryl methyl sites for hydroxylation is 6. The molecule has 3 heterocycles. The van der Waals surface area contributed by atoms with Crippen molar-refractivity contribution in [3.05, 3.63) is 129 Å². The molecule has 0 radical (unpaired) electrons. The maximum absolute atomic E-state index is 2.51. The van der Waals surface area contributed by atoms with Gasteiger partial charge in [0.05, 0.1) is 0 Å². The molecule has 0 amide bonds. The largest absolute Gasteiger partial charge is 0.240 e. The molecule has 6 aromatic rings. The van der Waals surface area contributed by atoms with E-state index in [1.54, 1.807) is 0 Å². The monoisotopic (exact) mass is 576 g/mol. The average molecular weight is 576 g/mol. The summed E-state index contributed by atoms with van der Waals surface area (Å²) in [5.74, 6) is 0. The van der Waals surface area contributed by atoms with E-state index in [1.165, 1.54) is 87.0 Å². The molecule has 0 fully saturated rings. The van der Waals surface area contributed by atoms with E-state index < -0.39 is 0 Å². The Kier molecular flexibility index (Phi) is 6.88. The summed E-state index contributed by atoms with van der Waals surface area (Å²) in [5, 5.41) is 4.37. The van der Waals surface area contributed by atoms with Crippen LogP contribution in [0.3, 0.4) is 0 Å². The number of thiophene rings is 2. The third-order valence-electron chi connectivity index (χ3n) is 9.08. The highest BCUT2D eigenvalue weighted by atomic mass is 32.1. The predicted octanol–water partition coefficient (Wildman–Crippen LogP) is 6.34. The molecule has 0 unspecified atom stereocenters. The summed E-state index contributed by atoms with van der Waals surface area (Å²) in [6, 6.07) is 32.9. The molecule has 1 aliphatic rings. The van der Waals surface area contributed by atoms with Gasteiger partial charge in [-0.25, -0.2) is 0 Å². The zero-order chi connectivity index (χ0) is 29.1. The first kappa shape index (κ1) is 27.3. The Morgan fingerprint density at radius 2 is 0.810 bits per heavy atom. The fourth-order valence-corrected chi connectivity index (χ4v) is 9.07. The van der Waals surface area contributed by atoms with E-state index in [2.05, 4.69) is 137 Å². The van der Waals surface area contributed by atoms with E-state index in [1.807, 2.05) is 22.7 Å². The first-order valence-electron chi connectivity index (χ1n) is 14.8. The molecule has 7 rings (SSSR count). The summed E-state index contributed by atoms with van der Waals surface area (Å²) in [4.78, 5) is 2.65. The molecule has 0 atom stereocenters. The molecule has 0 spiro atoms. The average Bonchev–Trinajstić information content (AvgIpc) is 3.68. The highest BCUT2D eigenvalue weighted by Crippen LogP contribution is 2.26. The molecule has 204 valence electrons. The van der Waals surface area contributed by atoms with Crippen LogP contribution >= 0.6 is 22.7 Å². The van der Waals surface area contributed by atoms with Gasteiger partial charge in [-0.05, 0) is 75.6 Å². The van der Waals surface area contributed by atoms with Crippen LogP contribution in [0.15, 0.2) is 95.7 Å². The molecule has 42 heavy (non-hydrogen) atoms. The summed E-state index contributed by atoms with van der Waals surface area (Å²) in [6.07, 6.45) is 0. The van der Waals surface area contributed by atoms with Gasteiger partial charge in [-0.15, -0.1) is 22.7 Å². The van der Waals surface area contributed by atoms with Gasteiger partial charge in [0.1, 0.15) is 0 Å². The van der Waals surface area contributed by atoms with Crippen molar-refractivity contribution < 1.29 is 0 Å². The predicted molar refractivity (Wildman–Crippen MR) is 190 cm³/mol. The van der Waals surface area contributed by atoms with Crippen LogP contribution in [0, 0.1) is 41.5 Å². The lowest BCUT2D eigenvalue weighted by Crippen LogP contribution is -2.76. The second-order valence-electron chi connectivity index (χ2n) is 12.1. The summed E-state index contributed by atoms with van der Waals surface area (Å²) in [5.41, 5.74) is 19.4. The Balaban J connectivity index is 1.58. The fourth-order valence-electron chi connectivity index (χ4n) is 7.62. The Hall–Kier alpha value is -3.59. The molecule has 0 nitrogen and oxygen atoms in total. The minimum absolute atomic E-state index is 0.176. The summed E-state index contributed by atoms with van der Waals surface area (Å²) in [6.45, 7) is 14.0. The summed E-state index contributed by atoms with van der Waals surface area (Å²) < 4.78 is 0. The van der Waals surface area contributed by atoms with E-state index >= 15 is 0 Å². The van der Waals surface area contributed by atoms with Crippen LogP contribution in [0.2, 0.25) is 0 Å². The lowest BCUT2D eigenvalue weighted by atomic mass is 9.20. The quantitative estimate of drug-likeness (QED) is 0.215. The molecule has 4 aromatic carbocycles. The summed E-state index contributed by atoms with van der Waals surface area (Å²) in [7, 11) is 0. The van der Waals surface area contributed by atoms with Crippen molar-refractivity contribution >= 4 is 68.9 Å². The number of hydrogen-bond acceptors (Lipinski definition) is 2. The van der Waals surface area contributed by atoms with Gasteiger partial charge in [0, 0.05) is 9.75 Å². The Labute approximate surface area is 259 Å². The molecule has 0 saturated carbocycles. The van der Waals surface area contributed by atoms with Crippen molar-refractivity contribution in [2.24, 2.45) is 0 Å². The molecular weight excluding hydrogens is 542 g/mol. The maximum Gasteiger partial charge on any atom is 0.240 e. The van der Waals surface area contributed by atoms with E-state index in [9.17, 15) is 0 Å². The Morgan fingerprint density at radius 1 is 0.429 bits per heavy atom. The van der Waals surface area contributed by atoms with E-state index in [-0.39, 0.29) is 13.4 Å². The number of hydrogen-bond donors (Lipinski definition) is 0. The van der Waals surface area contributed by atoms with Crippen LogP contribution < -0.4 is 32.8 Å². The van der Waals surface area contributed by atoms with E-state index in [4.69, 9.17) is 0 Å². The first-order chi connectivity index (χ1) is 20.3. The Morgan fingerprint density at radius 3 is 1.14 bits per heavy atom. The van der Waals surface area contributed by atoms with Gasteiger partial charge in [-0.2, -0.15) is 0 Å². The third kappa shape index (κ3) is 4.53. The summed E-state index contributed by atoms with van der Waals surface area (Å²) >= 11 is 3.65. The third-order valence-corrected chi connectivity index (χ3v) is 10.9. The smallest absolute Gasteiger partial charge is 0.144 e. The van der Waals surface area contributed by atoms with Crippen molar-refractivity contribution in [1.82, 2.24) is 0 Å². The van der Waals surface area contributed by atoms with Crippen LogP contribution in [0.5, 0.6) is 0 Å². The van der Waals surface area contributed by atoms with Crippen molar-refractivity contribution in [1.29, 1.82) is 0 Å². The van der Waals surface area contributed by atoms with Crippen LogP contribution in [-0.2, 0) is 0 Å². The molecule has 0 aliphatic carbocycles. The van der Waals surface area contributed by atoms with Gasteiger partial charge >= 0.3 is 0 Å². The van der Waals surface area contributed by atoms with Crippen molar-refractivity contribution in [3.8, 4) is 20.9 Å². The standard InChI is InChI=1S/C38H34B2S2/c1-23-17-25(3)37(26(4)18-23)39-31-13-11-30(36-10-8-16-42-36)22-34(31)40(38-27(5)19-24(2)20-28(38)6)32-14-12-29(21-33(32)39)35-9-7-15-41-35/h7-22H,1-6H3. The van der Waals surface area contributed by atoms with Crippen molar-refractivity contribution in [2.45, 2.75) is 41.5 Å². The van der Waals surface area contributed by atoms with Gasteiger partial charge in [0.2, 0.25) is 13.4 Å². The molecule has 0 saturated heterocycles. The van der Waals surface area contributed by atoms with Crippen LogP contribution in [0.1, 0.15) is 33.4 Å². The minimum Gasteiger partial charge on any atom is -0.144 e. The van der Waals surface area contributed by atoms with Crippen molar-refractivity contribution in [3.63, 3.8) is 0 Å². The zero-order valence-corrected chi connectivity index (χ0v) is 26.8. The molecule has 0 bridgehead atoms. The van der Waals surface area contributed by atoms with Gasteiger partial charge < -0.3 is 0 Å². The topological polar surface area (TPSA) is 0 Å². The molecule has 4 heteroatoms. The van der Waals surface area contributed by atoms with Crippen molar-refractivity contribution in [2.75, 3.05) is 0 Å². The maximum atomic E-state index is 2.51. The number of fused-ring (bicyclic) bond motifs is 2. The lowest BCUT2D eigenvalue weighted by Gasteiger charge is -2.35. The second kappa shape index (κ2) is 10.6. The SMILES string of the molecule is Cc1cc(C)c(B2c3ccc(-c4cccs4)cc3B(c3c(C)cc(C)cc3C)c3ccc(-c4cccs4)cc32)c(C)c1. The van der Waals surface area contributed by atoms with Gasteiger partial charge in [0.25, 0.3) is 0 Å². The van der Waals surface area contributed by atoms with Crippen LogP contribution in [-0.4, -0.2) is 13.4 Å². The van der Waals surface area contributed by atoms with E-state index in [0.717, 1.165) is 0 Å².